The first-order valence-corrected chi connectivity index (χ1v) is 19.2. The van der Waals surface area contributed by atoms with Crippen LogP contribution >= 0.6 is 7.60 Å². The molecule has 282 valence electrons. The van der Waals surface area contributed by atoms with Crippen LogP contribution in [0.1, 0.15) is 91.9 Å². The standard InChI is InChI=1S/C36H45F3N5O7P/c1-6-48-30-18-22(21-52(47,50-8-3)51-9-4)10-16-28(30)42-35-40-19-27(36(37,38)39)32(43-35)41-29-17-15-25(26-20-44(5)33(45)31(26)29)23-11-13-24(14-12-23)34(46)49-7-2/h10,15-19,23-24H,6-9,11-14,20-21H2,1-5H3,(H2,40,41,42,43)/t23-,24-. The monoisotopic (exact) mass is 747 g/mol. The highest BCUT2D eigenvalue weighted by molar-refractivity contribution is 7.53. The maximum Gasteiger partial charge on any atom is 0.421 e. The number of rotatable bonds is 15. The van der Waals surface area contributed by atoms with Gasteiger partial charge >= 0.3 is 19.7 Å². The maximum atomic E-state index is 14.3. The highest BCUT2D eigenvalue weighted by Crippen LogP contribution is 2.52. The minimum atomic E-state index is -4.81. The van der Waals surface area contributed by atoms with E-state index < -0.39 is 25.2 Å². The molecule has 0 saturated heterocycles. The van der Waals surface area contributed by atoms with Crippen LogP contribution < -0.4 is 15.4 Å². The molecule has 2 aromatic carbocycles. The number of carbonyl (C=O) groups is 2. The van der Waals surface area contributed by atoms with E-state index in [1.807, 2.05) is 6.07 Å². The summed E-state index contributed by atoms with van der Waals surface area (Å²) >= 11 is 0. The van der Waals surface area contributed by atoms with E-state index in [-0.39, 0.29) is 61.3 Å². The molecule has 0 unspecified atom stereocenters. The molecule has 52 heavy (non-hydrogen) atoms. The number of anilines is 4. The fraction of sp³-hybridized carbons (Fsp3) is 0.500. The summed E-state index contributed by atoms with van der Waals surface area (Å²) < 4.78 is 77.9. The largest absolute Gasteiger partial charge is 0.492 e. The molecular formula is C36H45F3N5O7P. The molecule has 1 amide bonds. The number of hydrogen-bond donors (Lipinski definition) is 2. The third kappa shape index (κ3) is 8.87. The quantitative estimate of drug-likeness (QED) is 0.114. The van der Waals surface area contributed by atoms with Crippen molar-refractivity contribution in [3.8, 4) is 5.75 Å². The van der Waals surface area contributed by atoms with Crippen molar-refractivity contribution in [3.63, 3.8) is 0 Å². The van der Waals surface area contributed by atoms with Gasteiger partial charge in [-0.1, -0.05) is 12.1 Å². The molecule has 1 aliphatic carbocycles. The van der Waals surface area contributed by atoms with Crippen LogP contribution in [-0.4, -0.2) is 60.2 Å². The third-order valence-electron chi connectivity index (χ3n) is 9.06. The summed E-state index contributed by atoms with van der Waals surface area (Å²) in [4.78, 5) is 35.4. The third-order valence-corrected chi connectivity index (χ3v) is 11.1. The van der Waals surface area contributed by atoms with Gasteiger partial charge in [0.25, 0.3) is 5.91 Å². The predicted octanol–water partition coefficient (Wildman–Crippen LogP) is 8.57. The zero-order valence-corrected chi connectivity index (χ0v) is 30.9. The number of ether oxygens (including phenoxy) is 2. The van der Waals surface area contributed by atoms with E-state index in [9.17, 15) is 27.3 Å². The molecule has 1 aromatic heterocycles. The molecule has 5 rings (SSSR count). The van der Waals surface area contributed by atoms with Crippen LogP contribution in [0.4, 0.5) is 36.3 Å². The molecule has 12 nitrogen and oxygen atoms in total. The van der Waals surface area contributed by atoms with Crippen molar-refractivity contribution in [2.75, 3.05) is 44.1 Å². The fourth-order valence-corrected chi connectivity index (χ4v) is 8.43. The van der Waals surface area contributed by atoms with Crippen LogP contribution in [0.3, 0.4) is 0 Å². The van der Waals surface area contributed by atoms with Gasteiger partial charge in [0.05, 0.1) is 55.4 Å². The number of nitrogens with one attached hydrogen (secondary N) is 2. The number of aromatic nitrogens is 2. The average molecular weight is 748 g/mol. The second kappa shape index (κ2) is 16.6. The van der Waals surface area contributed by atoms with Crippen LogP contribution in [0.25, 0.3) is 0 Å². The Kier molecular flexibility index (Phi) is 12.5. The van der Waals surface area contributed by atoms with Gasteiger partial charge in [-0.15, -0.1) is 0 Å². The van der Waals surface area contributed by atoms with Gasteiger partial charge in [0.1, 0.15) is 17.1 Å². The van der Waals surface area contributed by atoms with Crippen molar-refractivity contribution < 1.29 is 45.8 Å². The summed E-state index contributed by atoms with van der Waals surface area (Å²) in [5, 5.41) is 5.76. The number of fused-ring (bicyclic) bond motifs is 1. The number of carbonyl (C=O) groups excluding carboxylic acids is 2. The summed E-state index contributed by atoms with van der Waals surface area (Å²) in [7, 11) is -1.77. The van der Waals surface area contributed by atoms with Gasteiger partial charge < -0.3 is 34.1 Å². The van der Waals surface area contributed by atoms with E-state index in [2.05, 4.69) is 20.6 Å². The van der Waals surface area contributed by atoms with Crippen molar-refractivity contribution in [2.24, 2.45) is 5.92 Å². The second-order valence-corrected chi connectivity index (χ2v) is 14.6. The van der Waals surface area contributed by atoms with Crippen molar-refractivity contribution in [1.29, 1.82) is 0 Å². The summed E-state index contributed by atoms with van der Waals surface area (Å²) in [5.41, 5.74) is 2.03. The zero-order chi connectivity index (χ0) is 37.6. The van der Waals surface area contributed by atoms with Gasteiger partial charge in [-0.25, -0.2) is 4.98 Å². The molecular weight excluding hydrogens is 702 g/mol. The zero-order valence-electron chi connectivity index (χ0n) is 30.0. The fourth-order valence-electron chi connectivity index (χ4n) is 6.75. The van der Waals surface area contributed by atoms with Gasteiger partial charge in [-0.3, -0.25) is 14.2 Å². The van der Waals surface area contributed by atoms with Crippen LogP contribution in [-0.2, 0) is 42.0 Å². The Hall–Kier alpha value is -4.20. The summed E-state index contributed by atoms with van der Waals surface area (Å²) in [6, 6.07) is 8.41. The van der Waals surface area contributed by atoms with Gasteiger partial charge in [0.15, 0.2) is 0 Å². The number of halogens is 3. The van der Waals surface area contributed by atoms with Crippen molar-refractivity contribution in [1.82, 2.24) is 14.9 Å². The van der Waals surface area contributed by atoms with E-state index in [4.69, 9.17) is 18.5 Å². The molecule has 2 heterocycles. The van der Waals surface area contributed by atoms with Crippen molar-refractivity contribution in [2.45, 2.75) is 78.2 Å². The molecule has 0 atom stereocenters. The lowest BCUT2D eigenvalue weighted by Crippen LogP contribution is -2.23. The Morgan fingerprint density at radius 3 is 2.29 bits per heavy atom. The number of esters is 1. The van der Waals surface area contributed by atoms with Crippen LogP contribution in [0.2, 0.25) is 0 Å². The van der Waals surface area contributed by atoms with Gasteiger partial charge in [0, 0.05) is 19.8 Å². The first kappa shape index (κ1) is 39.0. The lowest BCUT2D eigenvalue weighted by Gasteiger charge is -2.29. The molecule has 1 fully saturated rings. The van der Waals surface area contributed by atoms with Crippen LogP contribution in [0, 0.1) is 5.92 Å². The first-order chi connectivity index (χ1) is 24.8. The maximum absolute atomic E-state index is 14.3. The van der Waals surface area contributed by atoms with E-state index in [0.717, 1.165) is 24.0 Å². The second-order valence-electron chi connectivity index (χ2n) is 12.6. The molecule has 0 bridgehead atoms. The van der Waals surface area contributed by atoms with Crippen molar-refractivity contribution >= 4 is 42.6 Å². The Bertz CT molecular complexity index is 1810. The van der Waals surface area contributed by atoms with Gasteiger partial charge in [0.2, 0.25) is 5.95 Å². The van der Waals surface area contributed by atoms with E-state index in [1.54, 1.807) is 59.0 Å². The van der Waals surface area contributed by atoms with Crippen LogP contribution in [0.5, 0.6) is 5.75 Å². The Balaban J connectivity index is 1.44. The first-order valence-electron chi connectivity index (χ1n) is 17.5. The lowest BCUT2D eigenvalue weighted by molar-refractivity contribution is -0.149. The number of benzene rings is 2. The van der Waals surface area contributed by atoms with E-state index in [1.165, 1.54) is 4.90 Å². The molecule has 16 heteroatoms. The number of alkyl halides is 3. The summed E-state index contributed by atoms with van der Waals surface area (Å²) in [5.74, 6) is -0.967. The van der Waals surface area contributed by atoms with Gasteiger partial charge in [-0.05, 0) is 94.2 Å². The number of amides is 1. The summed E-state index contributed by atoms with van der Waals surface area (Å²) in [6.07, 6.45) is -1.38. The molecule has 1 saturated carbocycles. The SMILES string of the molecule is CCOc1cc(CP(=O)(OCC)OCC)ccc1Nc1ncc(C(F)(F)F)c(Nc2ccc([C@H]3CC[C@H](C(=O)OCC)CC3)c3c2C(=O)N(C)C3)n1. The smallest absolute Gasteiger partial charge is 0.421 e. The topological polar surface area (TPSA) is 141 Å². The van der Waals surface area contributed by atoms with Crippen LogP contribution in [0.15, 0.2) is 36.5 Å². The van der Waals surface area contributed by atoms with E-state index in [0.29, 0.717) is 54.8 Å². The molecule has 1 aliphatic heterocycles. The minimum Gasteiger partial charge on any atom is -0.492 e. The van der Waals surface area contributed by atoms with Gasteiger partial charge in [-0.2, -0.15) is 18.2 Å². The highest BCUT2D eigenvalue weighted by atomic mass is 31.2. The van der Waals surface area contributed by atoms with E-state index >= 15 is 0 Å². The molecule has 2 N–H and O–H groups in total. The Labute approximate surface area is 301 Å². The normalized spacial score (nSPS) is 17.5. The Morgan fingerprint density at radius 1 is 0.962 bits per heavy atom. The molecule has 2 aliphatic rings. The molecule has 3 aromatic rings. The lowest BCUT2D eigenvalue weighted by atomic mass is 9.77. The average Bonchev–Trinajstić information content (AvgIpc) is 3.40. The minimum absolute atomic E-state index is 0.00817. The summed E-state index contributed by atoms with van der Waals surface area (Å²) in [6.45, 7) is 8.30. The number of hydrogen-bond acceptors (Lipinski definition) is 11. The predicted molar refractivity (Wildman–Crippen MR) is 189 cm³/mol. The molecule has 0 spiro atoms. The Morgan fingerprint density at radius 2 is 1.65 bits per heavy atom. The molecule has 0 radical (unpaired) electrons. The highest BCUT2D eigenvalue weighted by Gasteiger charge is 2.38. The van der Waals surface area contributed by atoms with Crippen molar-refractivity contribution in [3.05, 3.63) is 64.3 Å². The number of nitrogens with zero attached hydrogens (tertiary/aromatic N) is 3.